The molecule has 2 amide bonds. The first-order valence-electron chi connectivity index (χ1n) is 12.4. The van der Waals surface area contributed by atoms with Crippen molar-refractivity contribution in [3.8, 4) is 0 Å². The zero-order valence-corrected chi connectivity index (χ0v) is 23.4. The topological polar surface area (TPSA) is 96.9 Å². The normalized spacial score (nSPS) is 12.4. The molecule has 4 aromatic rings. The summed E-state index contributed by atoms with van der Waals surface area (Å²) in [5.74, 6) is 0. The Hall–Kier alpha value is -3.80. The number of hydrogen-bond donors (Lipinski definition) is 1. The summed E-state index contributed by atoms with van der Waals surface area (Å²) < 4.78 is 10.3. The van der Waals surface area contributed by atoms with E-state index in [0.717, 1.165) is 11.1 Å². The highest BCUT2D eigenvalue weighted by atomic mass is 32.1. The van der Waals surface area contributed by atoms with E-state index in [2.05, 4.69) is 15.3 Å². The number of anilines is 2. The monoisotopic (exact) mass is 565 g/mol. The Morgan fingerprint density at radius 2 is 1.15 bits per heavy atom. The van der Waals surface area contributed by atoms with Crippen molar-refractivity contribution in [2.45, 2.75) is 24.9 Å². The van der Waals surface area contributed by atoms with Crippen LogP contribution in [0.4, 0.5) is 19.6 Å². The lowest BCUT2D eigenvalue weighted by Crippen LogP contribution is -2.51. The van der Waals surface area contributed by atoms with Crippen LogP contribution in [0.3, 0.4) is 0 Å². The second kappa shape index (κ2) is 14.4. The van der Waals surface area contributed by atoms with E-state index in [-0.39, 0.29) is 12.1 Å². The van der Waals surface area contributed by atoms with Gasteiger partial charge < -0.3 is 14.8 Å². The van der Waals surface area contributed by atoms with Crippen LogP contribution >= 0.6 is 22.7 Å². The first-order valence-corrected chi connectivity index (χ1v) is 14.2. The standard InChI is InChI=1S/C28H31N5O4S2/c1-36-27(34)32(25-17-30-19-38-25)23(13-21-9-5-3-6-10-21)15-29-16-24(14-22-11-7-4-8-12-22)33(28(35)37-2)26-18-31-20-39-26/h3-12,17-20,23-24,29H,13-16H2,1-2H3. The molecule has 39 heavy (non-hydrogen) atoms. The van der Waals surface area contributed by atoms with E-state index in [9.17, 15) is 9.59 Å². The molecule has 0 bridgehead atoms. The Bertz CT molecular complexity index is 1170. The number of carbonyl (C=O) groups excluding carboxylic acids is 2. The van der Waals surface area contributed by atoms with Crippen molar-refractivity contribution in [1.82, 2.24) is 15.3 Å². The number of aromatic nitrogens is 2. The van der Waals surface area contributed by atoms with Crippen LogP contribution in [0.5, 0.6) is 0 Å². The van der Waals surface area contributed by atoms with Gasteiger partial charge in [-0.05, 0) is 24.0 Å². The summed E-state index contributed by atoms with van der Waals surface area (Å²) >= 11 is 2.75. The van der Waals surface area contributed by atoms with E-state index in [4.69, 9.17) is 9.47 Å². The largest absolute Gasteiger partial charge is 0.452 e. The van der Waals surface area contributed by atoms with Gasteiger partial charge in [0, 0.05) is 13.1 Å². The van der Waals surface area contributed by atoms with Gasteiger partial charge in [-0.2, -0.15) is 0 Å². The number of rotatable bonds is 12. The molecule has 9 nitrogen and oxygen atoms in total. The van der Waals surface area contributed by atoms with Gasteiger partial charge in [0.2, 0.25) is 0 Å². The SMILES string of the molecule is COC(=O)N(c1cncs1)C(CNCC(Cc1ccccc1)N(C(=O)OC)c1cncs1)Cc1ccccc1. The lowest BCUT2D eigenvalue weighted by Gasteiger charge is -2.32. The van der Waals surface area contributed by atoms with E-state index in [1.54, 1.807) is 33.2 Å². The van der Waals surface area contributed by atoms with Crippen LogP contribution in [0.25, 0.3) is 0 Å². The van der Waals surface area contributed by atoms with Crippen molar-refractivity contribution in [1.29, 1.82) is 0 Å². The number of nitrogens with one attached hydrogen (secondary N) is 1. The number of amides is 2. The highest BCUT2D eigenvalue weighted by molar-refractivity contribution is 7.14. The summed E-state index contributed by atoms with van der Waals surface area (Å²) in [5.41, 5.74) is 5.56. The van der Waals surface area contributed by atoms with Crippen LogP contribution < -0.4 is 15.1 Å². The van der Waals surface area contributed by atoms with Crippen LogP contribution in [0.15, 0.2) is 84.1 Å². The zero-order valence-electron chi connectivity index (χ0n) is 21.8. The van der Waals surface area contributed by atoms with Crippen molar-refractivity contribution < 1.29 is 19.1 Å². The molecule has 0 spiro atoms. The second-order valence-corrected chi connectivity index (χ2v) is 10.4. The minimum atomic E-state index is -0.455. The van der Waals surface area contributed by atoms with Crippen molar-refractivity contribution in [3.05, 3.63) is 95.2 Å². The van der Waals surface area contributed by atoms with Crippen LogP contribution in [0.2, 0.25) is 0 Å². The predicted molar refractivity (Wildman–Crippen MR) is 155 cm³/mol. The van der Waals surface area contributed by atoms with Gasteiger partial charge in [-0.3, -0.25) is 19.8 Å². The fourth-order valence-corrected chi connectivity index (χ4v) is 5.77. The molecule has 1 N–H and O–H groups in total. The van der Waals surface area contributed by atoms with Crippen molar-refractivity contribution in [2.24, 2.45) is 0 Å². The van der Waals surface area contributed by atoms with E-state index >= 15 is 0 Å². The summed E-state index contributed by atoms with van der Waals surface area (Å²) in [7, 11) is 2.76. The number of ether oxygens (including phenoxy) is 2. The van der Waals surface area contributed by atoms with Crippen LogP contribution in [-0.4, -0.2) is 61.5 Å². The zero-order chi connectivity index (χ0) is 27.5. The average Bonchev–Trinajstić information content (AvgIpc) is 3.69. The summed E-state index contributed by atoms with van der Waals surface area (Å²) in [5, 5.41) is 4.94. The summed E-state index contributed by atoms with van der Waals surface area (Å²) in [6.07, 6.45) is 3.62. The molecule has 2 aromatic heterocycles. The Morgan fingerprint density at radius 3 is 1.49 bits per heavy atom. The fourth-order valence-electron chi connectivity index (χ4n) is 4.39. The van der Waals surface area contributed by atoms with Crippen LogP contribution in [0, 0.1) is 0 Å². The minimum Gasteiger partial charge on any atom is -0.452 e. The molecule has 2 atom stereocenters. The third kappa shape index (κ3) is 7.62. The van der Waals surface area contributed by atoms with Crippen molar-refractivity contribution in [2.75, 3.05) is 37.1 Å². The molecule has 0 radical (unpaired) electrons. The first-order chi connectivity index (χ1) is 19.1. The Morgan fingerprint density at radius 1 is 0.744 bits per heavy atom. The maximum absolute atomic E-state index is 13.0. The number of nitrogens with zero attached hydrogens (tertiary/aromatic N) is 4. The van der Waals surface area contributed by atoms with Gasteiger partial charge in [0.05, 0.1) is 49.7 Å². The van der Waals surface area contributed by atoms with Gasteiger partial charge in [-0.15, -0.1) is 22.7 Å². The van der Waals surface area contributed by atoms with Gasteiger partial charge in [0.1, 0.15) is 10.0 Å². The molecule has 0 aliphatic rings. The second-order valence-electron chi connectivity index (χ2n) is 8.70. The number of methoxy groups -OCH3 is 2. The minimum absolute atomic E-state index is 0.271. The molecule has 0 saturated heterocycles. The van der Waals surface area contributed by atoms with E-state index < -0.39 is 12.2 Å². The van der Waals surface area contributed by atoms with E-state index in [0.29, 0.717) is 35.9 Å². The van der Waals surface area contributed by atoms with Crippen LogP contribution in [-0.2, 0) is 22.3 Å². The van der Waals surface area contributed by atoms with Gasteiger partial charge in [-0.1, -0.05) is 60.7 Å². The lowest BCUT2D eigenvalue weighted by molar-refractivity contribution is 0.175. The molecule has 2 heterocycles. The molecule has 2 aromatic carbocycles. The fraction of sp³-hybridized carbons (Fsp3) is 0.286. The molecule has 4 rings (SSSR count). The number of hydrogen-bond acceptors (Lipinski definition) is 9. The van der Waals surface area contributed by atoms with Crippen LogP contribution in [0.1, 0.15) is 11.1 Å². The molecule has 2 unspecified atom stereocenters. The highest BCUT2D eigenvalue weighted by Crippen LogP contribution is 2.26. The average molecular weight is 566 g/mol. The quantitative estimate of drug-likeness (QED) is 0.250. The van der Waals surface area contributed by atoms with E-state index in [1.165, 1.54) is 36.9 Å². The number of benzene rings is 2. The third-order valence-electron chi connectivity index (χ3n) is 6.17. The maximum Gasteiger partial charge on any atom is 0.415 e. The lowest BCUT2D eigenvalue weighted by atomic mass is 10.0. The Balaban J connectivity index is 1.59. The van der Waals surface area contributed by atoms with Gasteiger partial charge in [0.15, 0.2) is 0 Å². The molecule has 0 saturated carbocycles. The smallest absolute Gasteiger partial charge is 0.415 e. The Labute approximate surface area is 236 Å². The van der Waals surface area contributed by atoms with Gasteiger partial charge in [0.25, 0.3) is 0 Å². The van der Waals surface area contributed by atoms with Crippen molar-refractivity contribution in [3.63, 3.8) is 0 Å². The van der Waals surface area contributed by atoms with Gasteiger partial charge in [-0.25, -0.2) is 9.59 Å². The highest BCUT2D eigenvalue weighted by Gasteiger charge is 2.30. The molecule has 204 valence electrons. The van der Waals surface area contributed by atoms with E-state index in [1.807, 2.05) is 60.7 Å². The van der Waals surface area contributed by atoms with Crippen molar-refractivity contribution >= 4 is 44.9 Å². The number of thiazole rings is 2. The summed E-state index contributed by atoms with van der Waals surface area (Å²) in [6, 6.07) is 19.5. The summed E-state index contributed by atoms with van der Waals surface area (Å²) in [4.78, 5) is 37.5. The predicted octanol–water partition coefficient (Wildman–Crippen LogP) is 5.26. The molecule has 0 aliphatic carbocycles. The third-order valence-corrected chi connectivity index (χ3v) is 7.72. The first kappa shape index (κ1) is 28.2. The molecule has 11 heteroatoms. The Kier molecular flexibility index (Phi) is 10.4. The molecule has 0 fully saturated rings. The van der Waals surface area contributed by atoms with Gasteiger partial charge >= 0.3 is 12.2 Å². The molecular formula is C28H31N5O4S2. The number of carbonyl (C=O) groups is 2. The molecular weight excluding hydrogens is 534 g/mol. The molecule has 0 aliphatic heterocycles. The maximum atomic E-state index is 13.0. The summed E-state index contributed by atoms with van der Waals surface area (Å²) in [6.45, 7) is 0.899.